The van der Waals surface area contributed by atoms with Gasteiger partial charge in [-0.2, -0.15) is 4.98 Å². The van der Waals surface area contributed by atoms with Crippen molar-refractivity contribution in [2.24, 2.45) is 0 Å². The molecule has 3 rings (SSSR count). The van der Waals surface area contributed by atoms with Crippen molar-refractivity contribution in [3.05, 3.63) is 41.3 Å². The SMILES string of the molecule is CC(=O)N(CCc1noc(C)n1)C1CCCN(C(=O)c2ccnc(C)c2)C1. The van der Waals surface area contributed by atoms with E-state index in [2.05, 4.69) is 15.1 Å². The third-order valence-electron chi connectivity index (χ3n) is 4.82. The molecule has 2 aromatic heterocycles. The van der Waals surface area contributed by atoms with Crippen molar-refractivity contribution >= 4 is 11.8 Å². The van der Waals surface area contributed by atoms with Crippen LogP contribution in [0.5, 0.6) is 0 Å². The average Bonchev–Trinajstić information content (AvgIpc) is 3.06. The minimum absolute atomic E-state index is 0.00358. The molecule has 3 heterocycles. The summed E-state index contributed by atoms with van der Waals surface area (Å²) in [5.41, 5.74) is 1.45. The van der Waals surface area contributed by atoms with Gasteiger partial charge in [-0.25, -0.2) is 0 Å². The summed E-state index contributed by atoms with van der Waals surface area (Å²) >= 11 is 0. The Hall–Kier alpha value is -2.77. The predicted molar refractivity (Wildman–Crippen MR) is 98.0 cm³/mol. The molecule has 0 N–H and O–H groups in total. The van der Waals surface area contributed by atoms with Gasteiger partial charge < -0.3 is 14.3 Å². The van der Waals surface area contributed by atoms with Crippen LogP contribution in [0.25, 0.3) is 0 Å². The molecule has 2 amide bonds. The van der Waals surface area contributed by atoms with Gasteiger partial charge in [0.25, 0.3) is 5.91 Å². The lowest BCUT2D eigenvalue weighted by atomic mass is 10.0. The largest absolute Gasteiger partial charge is 0.340 e. The van der Waals surface area contributed by atoms with Gasteiger partial charge in [0.15, 0.2) is 5.82 Å². The molecule has 0 saturated carbocycles. The van der Waals surface area contributed by atoms with E-state index in [1.54, 1.807) is 32.2 Å². The molecule has 8 nitrogen and oxygen atoms in total. The number of pyridine rings is 1. The zero-order valence-electron chi connectivity index (χ0n) is 16.0. The minimum Gasteiger partial charge on any atom is -0.340 e. The molecule has 2 aromatic rings. The molecular formula is C19H25N5O3. The third-order valence-corrected chi connectivity index (χ3v) is 4.82. The van der Waals surface area contributed by atoms with Crippen molar-refractivity contribution in [1.82, 2.24) is 24.9 Å². The second-order valence-electron chi connectivity index (χ2n) is 6.93. The first-order valence-electron chi connectivity index (χ1n) is 9.22. The third kappa shape index (κ3) is 4.69. The molecule has 0 aromatic carbocycles. The van der Waals surface area contributed by atoms with Gasteiger partial charge in [-0.3, -0.25) is 14.6 Å². The van der Waals surface area contributed by atoms with Gasteiger partial charge in [0, 0.05) is 63.4 Å². The number of carbonyl (C=O) groups excluding carboxylic acids is 2. The lowest BCUT2D eigenvalue weighted by Gasteiger charge is -2.39. The Labute approximate surface area is 158 Å². The second-order valence-corrected chi connectivity index (χ2v) is 6.93. The van der Waals surface area contributed by atoms with Gasteiger partial charge in [0.1, 0.15) is 0 Å². The van der Waals surface area contributed by atoms with E-state index in [1.807, 2.05) is 16.7 Å². The van der Waals surface area contributed by atoms with Crippen LogP contribution in [0.15, 0.2) is 22.9 Å². The molecule has 27 heavy (non-hydrogen) atoms. The standard InChI is InChI=1S/C19H25N5O3/c1-13-11-16(6-8-20-13)19(26)23-9-4-5-17(12-23)24(15(3)25)10-7-18-21-14(2)27-22-18/h6,8,11,17H,4-5,7,9-10,12H2,1-3H3. The molecule has 1 aliphatic rings. The second kappa shape index (κ2) is 8.28. The van der Waals surface area contributed by atoms with Crippen molar-refractivity contribution < 1.29 is 14.1 Å². The molecule has 0 aliphatic carbocycles. The number of hydrogen-bond acceptors (Lipinski definition) is 6. The predicted octanol–water partition coefficient (Wildman–Crippen LogP) is 1.78. The van der Waals surface area contributed by atoms with Gasteiger partial charge in [-0.1, -0.05) is 5.16 Å². The van der Waals surface area contributed by atoms with Crippen molar-refractivity contribution in [3.63, 3.8) is 0 Å². The maximum atomic E-state index is 12.8. The Morgan fingerprint density at radius 2 is 2.19 bits per heavy atom. The molecule has 1 saturated heterocycles. The van der Waals surface area contributed by atoms with E-state index >= 15 is 0 Å². The van der Waals surface area contributed by atoms with Crippen molar-refractivity contribution in [2.45, 2.75) is 46.1 Å². The topological polar surface area (TPSA) is 92.4 Å². The number of hydrogen-bond donors (Lipinski definition) is 0. The molecule has 1 aliphatic heterocycles. The van der Waals surface area contributed by atoms with Crippen LogP contribution in [0.4, 0.5) is 0 Å². The van der Waals surface area contributed by atoms with Crippen LogP contribution in [-0.4, -0.2) is 62.4 Å². The summed E-state index contributed by atoms with van der Waals surface area (Å²) in [5, 5.41) is 3.89. The fourth-order valence-electron chi connectivity index (χ4n) is 3.52. The summed E-state index contributed by atoms with van der Waals surface area (Å²) in [7, 11) is 0. The molecule has 0 spiro atoms. The lowest BCUT2D eigenvalue weighted by molar-refractivity contribution is -0.132. The summed E-state index contributed by atoms with van der Waals surface area (Å²) in [6.45, 7) is 6.92. The molecule has 0 radical (unpaired) electrons. The van der Waals surface area contributed by atoms with Crippen molar-refractivity contribution in [1.29, 1.82) is 0 Å². The molecule has 8 heteroatoms. The normalized spacial score (nSPS) is 17.0. The Morgan fingerprint density at radius 1 is 1.37 bits per heavy atom. The van der Waals surface area contributed by atoms with E-state index in [0.717, 1.165) is 18.5 Å². The fraction of sp³-hybridized carbons (Fsp3) is 0.526. The summed E-state index contributed by atoms with van der Waals surface area (Å²) in [6, 6.07) is 3.53. The van der Waals surface area contributed by atoms with Gasteiger partial charge in [0.2, 0.25) is 11.8 Å². The minimum atomic E-state index is -0.0116. The van der Waals surface area contributed by atoms with E-state index in [4.69, 9.17) is 4.52 Å². The smallest absolute Gasteiger partial charge is 0.254 e. The van der Waals surface area contributed by atoms with E-state index in [-0.39, 0.29) is 17.9 Å². The van der Waals surface area contributed by atoms with Crippen molar-refractivity contribution in [3.8, 4) is 0 Å². The van der Waals surface area contributed by atoms with Gasteiger partial charge in [-0.15, -0.1) is 0 Å². The molecule has 1 atom stereocenters. The summed E-state index contributed by atoms with van der Waals surface area (Å²) < 4.78 is 4.99. The maximum absolute atomic E-state index is 12.8. The zero-order chi connectivity index (χ0) is 19.4. The monoisotopic (exact) mass is 371 g/mol. The number of carbonyl (C=O) groups is 2. The highest BCUT2D eigenvalue weighted by atomic mass is 16.5. The van der Waals surface area contributed by atoms with E-state index < -0.39 is 0 Å². The van der Waals surface area contributed by atoms with Gasteiger partial charge in [-0.05, 0) is 31.9 Å². The van der Waals surface area contributed by atoms with Crippen LogP contribution < -0.4 is 0 Å². The molecule has 144 valence electrons. The summed E-state index contributed by atoms with van der Waals surface area (Å²) in [5.74, 6) is 1.09. The highest BCUT2D eigenvalue weighted by molar-refractivity contribution is 5.94. The summed E-state index contributed by atoms with van der Waals surface area (Å²) in [6.07, 6.45) is 3.93. The first-order chi connectivity index (χ1) is 12.9. The van der Waals surface area contributed by atoms with E-state index in [9.17, 15) is 9.59 Å². The maximum Gasteiger partial charge on any atom is 0.254 e. The molecule has 0 bridgehead atoms. The Kier molecular flexibility index (Phi) is 5.83. The number of nitrogens with zero attached hydrogens (tertiary/aromatic N) is 5. The molecule has 1 fully saturated rings. The average molecular weight is 371 g/mol. The highest BCUT2D eigenvalue weighted by Crippen LogP contribution is 2.19. The number of piperidine rings is 1. The number of aromatic nitrogens is 3. The lowest BCUT2D eigenvalue weighted by Crippen LogP contribution is -2.51. The highest BCUT2D eigenvalue weighted by Gasteiger charge is 2.30. The van der Waals surface area contributed by atoms with Crippen LogP contribution in [0, 0.1) is 13.8 Å². The van der Waals surface area contributed by atoms with Crippen LogP contribution in [0.2, 0.25) is 0 Å². The van der Waals surface area contributed by atoms with E-state index in [1.165, 1.54) is 0 Å². The van der Waals surface area contributed by atoms with E-state index in [0.29, 0.717) is 43.3 Å². The number of aryl methyl sites for hydroxylation is 2. The van der Waals surface area contributed by atoms with Crippen LogP contribution >= 0.6 is 0 Å². The fourth-order valence-corrected chi connectivity index (χ4v) is 3.52. The summed E-state index contributed by atoms with van der Waals surface area (Å²) in [4.78, 5) is 37.0. The Balaban J connectivity index is 1.66. The first kappa shape index (κ1) is 19.0. The quantitative estimate of drug-likeness (QED) is 0.795. The number of likely N-dealkylation sites (tertiary alicyclic amines) is 1. The number of amides is 2. The van der Waals surface area contributed by atoms with Crippen LogP contribution in [0.1, 0.15) is 47.5 Å². The Morgan fingerprint density at radius 3 is 2.85 bits per heavy atom. The first-order valence-corrected chi connectivity index (χ1v) is 9.22. The van der Waals surface area contributed by atoms with Gasteiger partial charge >= 0.3 is 0 Å². The zero-order valence-corrected chi connectivity index (χ0v) is 16.0. The van der Waals surface area contributed by atoms with Crippen molar-refractivity contribution in [2.75, 3.05) is 19.6 Å². The Bertz CT molecular complexity index is 819. The van der Waals surface area contributed by atoms with Crippen LogP contribution in [0.3, 0.4) is 0 Å². The van der Waals surface area contributed by atoms with Crippen LogP contribution in [-0.2, 0) is 11.2 Å². The molecule has 1 unspecified atom stereocenters. The molecular weight excluding hydrogens is 346 g/mol. The van der Waals surface area contributed by atoms with Gasteiger partial charge in [0.05, 0.1) is 0 Å². The number of rotatable bonds is 5.